The quantitative estimate of drug-likeness (QED) is 0.356. The van der Waals surface area contributed by atoms with Gasteiger partial charge in [-0.25, -0.2) is 4.79 Å². The van der Waals surface area contributed by atoms with Gasteiger partial charge in [-0.05, 0) is 30.0 Å². The second-order valence-corrected chi connectivity index (χ2v) is 7.20. The van der Waals surface area contributed by atoms with Crippen LogP contribution in [0.15, 0.2) is 48.5 Å². The normalized spacial score (nSPS) is 17.2. The van der Waals surface area contributed by atoms with Crippen molar-refractivity contribution in [1.82, 2.24) is 0 Å². The molecule has 0 fully saturated rings. The fourth-order valence-electron chi connectivity index (χ4n) is 3.92. The molecule has 0 saturated heterocycles. The molecule has 1 aliphatic rings. The molecule has 3 aromatic carbocycles. The van der Waals surface area contributed by atoms with Crippen LogP contribution in [0.3, 0.4) is 0 Å². The summed E-state index contributed by atoms with van der Waals surface area (Å²) in [5.74, 6) is -2.72. The van der Waals surface area contributed by atoms with Gasteiger partial charge in [0.2, 0.25) is 5.90 Å². The molecule has 1 aliphatic heterocycles. The number of nitrogens with one attached hydrogen (secondary N) is 1. The lowest BCUT2D eigenvalue weighted by atomic mass is 9.78. The first-order chi connectivity index (χ1) is 15.3. The SMILES string of the molecule is CCOC(=O)c1cc2ccc3c(c2cc1O)OC(=N)C(C#N)C3c1cccc([N+](=O)[O-])c1. The van der Waals surface area contributed by atoms with Gasteiger partial charge in [0.1, 0.15) is 23.0 Å². The number of carbonyl (C=O) groups excluding carboxylic acids is 1. The molecule has 1 heterocycles. The van der Waals surface area contributed by atoms with Crippen LogP contribution in [0.1, 0.15) is 34.3 Å². The van der Waals surface area contributed by atoms with E-state index in [1.165, 1.54) is 30.3 Å². The number of nitriles is 1. The molecule has 0 aromatic heterocycles. The van der Waals surface area contributed by atoms with Crippen molar-refractivity contribution in [1.29, 1.82) is 10.7 Å². The molecule has 2 unspecified atom stereocenters. The minimum Gasteiger partial charge on any atom is -0.507 e. The van der Waals surface area contributed by atoms with E-state index in [2.05, 4.69) is 6.07 Å². The minimum absolute atomic E-state index is 0.00433. The van der Waals surface area contributed by atoms with Crippen LogP contribution >= 0.6 is 0 Å². The molecule has 0 amide bonds. The molecule has 4 rings (SSSR count). The highest BCUT2D eigenvalue weighted by Crippen LogP contribution is 2.46. The van der Waals surface area contributed by atoms with Gasteiger partial charge < -0.3 is 14.6 Å². The van der Waals surface area contributed by atoms with E-state index in [0.29, 0.717) is 21.9 Å². The second kappa shape index (κ2) is 8.00. The van der Waals surface area contributed by atoms with E-state index in [9.17, 15) is 25.3 Å². The molecule has 0 radical (unpaired) electrons. The van der Waals surface area contributed by atoms with E-state index >= 15 is 0 Å². The van der Waals surface area contributed by atoms with Gasteiger partial charge in [0, 0.05) is 29.0 Å². The van der Waals surface area contributed by atoms with Crippen LogP contribution in [-0.4, -0.2) is 28.5 Å². The summed E-state index contributed by atoms with van der Waals surface area (Å²) in [4.78, 5) is 22.8. The number of phenols is 1. The Morgan fingerprint density at radius 3 is 2.78 bits per heavy atom. The zero-order chi connectivity index (χ0) is 23.0. The highest BCUT2D eigenvalue weighted by atomic mass is 16.6. The van der Waals surface area contributed by atoms with Crippen LogP contribution in [0.25, 0.3) is 10.8 Å². The van der Waals surface area contributed by atoms with Gasteiger partial charge in [0.15, 0.2) is 0 Å². The number of carbonyl (C=O) groups is 1. The third-order valence-corrected chi connectivity index (χ3v) is 5.35. The van der Waals surface area contributed by atoms with E-state index in [4.69, 9.17) is 14.9 Å². The zero-order valence-corrected chi connectivity index (χ0v) is 16.9. The fourth-order valence-corrected chi connectivity index (χ4v) is 3.92. The summed E-state index contributed by atoms with van der Waals surface area (Å²) in [7, 11) is 0. The number of nitro groups is 1. The van der Waals surface area contributed by atoms with E-state index < -0.39 is 22.7 Å². The number of non-ortho nitro benzene ring substituents is 1. The summed E-state index contributed by atoms with van der Waals surface area (Å²) in [6, 6.07) is 14.2. The zero-order valence-electron chi connectivity index (χ0n) is 16.9. The van der Waals surface area contributed by atoms with Crippen LogP contribution in [0.4, 0.5) is 5.69 Å². The standard InChI is InChI=1S/C23H17N3O6/c1-2-31-23(28)17-9-12-6-7-15-20(13-4-3-5-14(8-13)26(29)30)18(11-24)22(25)32-21(15)16(12)10-19(17)27/h3-10,18,20,25,27H,2H2,1H3. The lowest BCUT2D eigenvalue weighted by Gasteiger charge is -2.31. The maximum atomic E-state index is 12.1. The van der Waals surface area contributed by atoms with Gasteiger partial charge in [-0.3, -0.25) is 15.5 Å². The molecule has 2 N–H and O–H groups in total. The summed E-state index contributed by atoms with van der Waals surface area (Å²) >= 11 is 0. The predicted octanol–water partition coefficient (Wildman–Crippen LogP) is 4.27. The Morgan fingerprint density at radius 1 is 1.31 bits per heavy atom. The fraction of sp³-hybridized carbons (Fsp3) is 0.174. The van der Waals surface area contributed by atoms with Crippen LogP contribution < -0.4 is 4.74 Å². The van der Waals surface area contributed by atoms with Crippen molar-refractivity contribution in [2.24, 2.45) is 5.92 Å². The summed E-state index contributed by atoms with van der Waals surface area (Å²) in [6.45, 7) is 1.81. The predicted molar refractivity (Wildman–Crippen MR) is 114 cm³/mol. The van der Waals surface area contributed by atoms with Crippen LogP contribution in [0.2, 0.25) is 0 Å². The number of nitro benzene ring substituents is 1. The number of ether oxygens (including phenoxy) is 2. The highest BCUT2D eigenvalue weighted by Gasteiger charge is 2.38. The van der Waals surface area contributed by atoms with E-state index in [1.807, 2.05) is 0 Å². The number of nitrogens with zero attached hydrogens (tertiary/aromatic N) is 2. The number of aromatic hydroxyl groups is 1. The molecule has 9 heteroatoms. The van der Waals surface area contributed by atoms with Crippen molar-refractivity contribution in [2.75, 3.05) is 6.61 Å². The summed E-state index contributed by atoms with van der Waals surface area (Å²) in [5, 5.41) is 40.6. The van der Waals surface area contributed by atoms with Crippen molar-refractivity contribution in [3.63, 3.8) is 0 Å². The molecule has 0 bridgehead atoms. The third-order valence-electron chi connectivity index (χ3n) is 5.35. The van der Waals surface area contributed by atoms with Gasteiger partial charge in [-0.2, -0.15) is 5.26 Å². The van der Waals surface area contributed by atoms with Gasteiger partial charge >= 0.3 is 5.97 Å². The van der Waals surface area contributed by atoms with Crippen molar-refractivity contribution >= 4 is 28.3 Å². The maximum absolute atomic E-state index is 12.1. The van der Waals surface area contributed by atoms with Gasteiger partial charge in [0.25, 0.3) is 5.69 Å². The first-order valence-electron chi connectivity index (χ1n) is 9.72. The topological polar surface area (TPSA) is 147 Å². The number of benzene rings is 3. The number of rotatable bonds is 4. The van der Waals surface area contributed by atoms with Crippen LogP contribution in [0, 0.1) is 32.8 Å². The third kappa shape index (κ3) is 3.37. The van der Waals surface area contributed by atoms with Gasteiger partial charge in [-0.1, -0.05) is 24.3 Å². The van der Waals surface area contributed by atoms with Crippen molar-refractivity contribution in [3.8, 4) is 17.6 Å². The lowest BCUT2D eigenvalue weighted by Crippen LogP contribution is -2.31. The summed E-state index contributed by atoms with van der Waals surface area (Å²) in [5.41, 5.74) is 0.905. The Morgan fingerprint density at radius 2 is 2.09 bits per heavy atom. The van der Waals surface area contributed by atoms with Crippen LogP contribution in [-0.2, 0) is 4.74 Å². The molecule has 2 atom stereocenters. The molecule has 0 saturated carbocycles. The molecular formula is C23H17N3O6. The highest BCUT2D eigenvalue weighted by molar-refractivity contribution is 6.02. The second-order valence-electron chi connectivity index (χ2n) is 7.20. The summed E-state index contributed by atoms with van der Waals surface area (Å²) < 4.78 is 10.6. The molecule has 0 aliphatic carbocycles. The lowest BCUT2D eigenvalue weighted by molar-refractivity contribution is -0.384. The van der Waals surface area contributed by atoms with E-state index in [-0.39, 0.29) is 35.3 Å². The minimum atomic E-state index is -0.991. The largest absolute Gasteiger partial charge is 0.507 e. The average Bonchev–Trinajstić information content (AvgIpc) is 2.78. The van der Waals surface area contributed by atoms with Gasteiger partial charge in [-0.15, -0.1) is 0 Å². The number of fused-ring (bicyclic) bond motifs is 3. The maximum Gasteiger partial charge on any atom is 0.341 e. The van der Waals surface area contributed by atoms with Crippen molar-refractivity contribution < 1.29 is 24.3 Å². The molecule has 160 valence electrons. The number of phenolic OH excluding ortho intramolecular Hbond substituents is 1. The van der Waals surface area contributed by atoms with E-state index in [1.54, 1.807) is 25.1 Å². The molecule has 0 spiro atoms. The van der Waals surface area contributed by atoms with Crippen molar-refractivity contribution in [2.45, 2.75) is 12.8 Å². The van der Waals surface area contributed by atoms with Gasteiger partial charge in [0.05, 0.1) is 17.6 Å². The first-order valence-corrected chi connectivity index (χ1v) is 9.72. The number of esters is 1. The Bertz CT molecular complexity index is 1330. The summed E-state index contributed by atoms with van der Waals surface area (Å²) in [6.07, 6.45) is 0. The molecule has 9 nitrogen and oxygen atoms in total. The Labute approximate surface area is 182 Å². The van der Waals surface area contributed by atoms with Crippen molar-refractivity contribution in [3.05, 3.63) is 75.3 Å². The molecule has 32 heavy (non-hydrogen) atoms. The molecule has 3 aromatic rings. The monoisotopic (exact) mass is 431 g/mol. The number of hydrogen-bond acceptors (Lipinski definition) is 8. The Balaban J connectivity index is 1.93. The Hall–Kier alpha value is -4.45. The van der Waals surface area contributed by atoms with Crippen LogP contribution in [0.5, 0.6) is 11.5 Å². The van der Waals surface area contributed by atoms with E-state index in [0.717, 1.165) is 0 Å². The molecular weight excluding hydrogens is 414 g/mol. The smallest absolute Gasteiger partial charge is 0.341 e. The first kappa shape index (κ1) is 20.8. The number of hydrogen-bond donors (Lipinski definition) is 2. The average molecular weight is 431 g/mol. The Kier molecular flexibility index (Phi) is 5.20.